The predicted octanol–water partition coefficient (Wildman–Crippen LogP) is 1.73. The van der Waals surface area contributed by atoms with Gasteiger partial charge in [0.2, 0.25) is 0 Å². The Balaban J connectivity index is 3.01. The molecule has 3 nitrogen and oxygen atoms in total. The van der Waals surface area contributed by atoms with Crippen LogP contribution in [0.4, 0.5) is 4.39 Å². The van der Waals surface area contributed by atoms with Crippen LogP contribution in [-0.4, -0.2) is 5.11 Å². The van der Waals surface area contributed by atoms with Gasteiger partial charge in [-0.3, -0.25) is 4.79 Å². The van der Waals surface area contributed by atoms with E-state index >= 15 is 0 Å². The summed E-state index contributed by atoms with van der Waals surface area (Å²) in [6.45, 7) is 1.26. The molecule has 1 N–H and O–H groups in total. The van der Waals surface area contributed by atoms with Crippen molar-refractivity contribution in [2.45, 2.75) is 13.5 Å². The van der Waals surface area contributed by atoms with Gasteiger partial charge in [-0.1, -0.05) is 0 Å². The standard InChI is InChI=1S/C11H9FO3/c1-6-4-7(5-13)10(12)9-8(14)2-3-15-11(6)9/h2-4,13H,5H2,1H3. The summed E-state index contributed by atoms with van der Waals surface area (Å²) >= 11 is 0. The van der Waals surface area contributed by atoms with E-state index in [-0.39, 0.29) is 16.5 Å². The molecule has 0 fully saturated rings. The second-order valence-electron chi connectivity index (χ2n) is 3.31. The zero-order valence-corrected chi connectivity index (χ0v) is 8.08. The lowest BCUT2D eigenvalue weighted by atomic mass is 10.1. The van der Waals surface area contributed by atoms with Crippen LogP contribution in [0, 0.1) is 12.7 Å². The SMILES string of the molecule is Cc1cc(CO)c(F)c2c(=O)ccoc12. The maximum atomic E-state index is 13.7. The zero-order chi connectivity index (χ0) is 11.0. The molecule has 0 saturated heterocycles. The Hall–Kier alpha value is -1.68. The lowest BCUT2D eigenvalue weighted by Gasteiger charge is -2.05. The molecule has 0 bridgehead atoms. The molecular formula is C11H9FO3. The van der Waals surface area contributed by atoms with E-state index in [0.29, 0.717) is 5.56 Å². The van der Waals surface area contributed by atoms with Crippen molar-refractivity contribution in [3.05, 3.63) is 45.6 Å². The first-order valence-corrected chi connectivity index (χ1v) is 4.45. The van der Waals surface area contributed by atoms with Crippen LogP contribution in [0.2, 0.25) is 0 Å². The molecule has 0 amide bonds. The monoisotopic (exact) mass is 208 g/mol. The van der Waals surface area contributed by atoms with Crippen LogP contribution in [0.3, 0.4) is 0 Å². The Bertz CT molecular complexity index is 572. The summed E-state index contributed by atoms with van der Waals surface area (Å²) in [5.41, 5.74) is 0.538. The predicted molar refractivity (Wildman–Crippen MR) is 53.1 cm³/mol. The number of benzene rings is 1. The number of halogens is 1. The molecule has 2 aromatic rings. The molecule has 0 aliphatic carbocycles. The molecule has 0 saturated carbocycles. The molecule has 15 heavy (non-hydrogen) atoms. The molecule has 0 unspecified atom stereocenters. The Labute approximate surface area is 84.8 Å². The van der Waals surface area contributed by atoms with Gasteiger partial charge >= 0.3 is 0 Å². The second-order valence-corrected chi connectivity index (χ2v) is 3.31. The first kappa shape index (κ1) is 9.86. The van der Waals surface area contributed by atoms with Crippen LogP contribution in [-0.2, 0) is 6.61 Å². The van der Waals surface area contributed by atoms with Gasteiger partial charge in [-0.2, -0.15) is 0 Å². The first-order valence-electron chi connectivity index (χ1n) is 4.45. The van der Waals surface area contributed by atoms with E-state index in [2.05, 4.69) is 0 Å². The number of hydrogen-bond acceptors (Lipinski definition) is 3. The highest BCUT2D eigenvalue weighted by atomic mass is 19.1. The Morgan fingerprint density at radius 1 is 1.53 bits per heavy atom. The number of fused-ring (bicyclic) bond motifs is 1. The Morgan fingerprint density at radius 2 is 2.27 bits per heavy atom. The van der Waals surface area contributed by atoms with Crippen molar-refractivity contribution in [1.29, 1.82) is 0 Å². The Morgan fingerprint density at radius 3 is 2.93 bits per heavy atom. The number of rotatable bonds is 1. The van der Waals surface area contributed by atoms with Crippen molar-refractivity contribution in [3.8, 4) is 0 Å². The largest absolute Gasteiger partial charge is 0.464 e. The average molecular weight is 208 g/mol. The van der Waals surface area contributed by atoms with Gasteiger partial charge in [0, 0.05) is 11.6 Å². The van der Waals surface area contributed by atoms with Crippen molar-refractivity contribution in [2.75, 3.05) is 0 Å². The van der Waals surface area contributed by atoms with Crippen LogP contribution >= 0.6 is 0 Å². The van der Waals surface area contributed by atoms with Crippen molar-refractivity contribution < 1.29 is 13.9 Å². The van der Waals surface area contributed by atoms with E-state index in [0.717, 1.165) is 6.07 Å². The highest BCUT2D eigenvalue weighted by Gasteiger charge is 2.13. The molecule has 0 spiro atoms. The molecule has 0 aliphatic heterocycles. The molecule has 0 atom stereocenters. The van der Waals surface area contributed by atoms with E-state index < -0.39 is 17.9 Å². The van der Waals surface area contributed by atoms with Gasteiger partial charge in [0.15, 0.2) is 5.43 Å². The van der Waals surface area contributed by atoms with E-state index in [4.69, 9.17) is 9.52 Å². The van der Waals surface area contributed by atoms with Gasteiger partial charge in [-0.05, 0) is 18.6 Å². The van der Waals surface area contributed by atoms with Gasteiger partial charge in [-0.15, -0.1) is 0 Å². The van der Waals surface area contributed by atoms with Crippen LogP contribution in [0.1, 0.15) is 11.1 Å². The maximum Gasteiger partial charge on any atom is 0.195 e. The topological polar surface area (TPSA) is 50.4 Å². The van der Waals surface area contributed by atoms with E-state index in [1.165, 1.54) is 12.3 Å². The molecule has 1 aromatic heterocycles. The molecule has 2 rings (SSSR count). The van der Waals surface area contributed by atoms with E-state index in [9.17, 15) is 9.18 Å². The van der Waals surface area contributed by atoms with Crippen molar-refractivity contribution in [1.82, 2.24) is 0 Å². The average Bonchev–Trinajstić information content (AvgIpc) is 2.23. The summed E-state index contributed by atoms with van der Waals surface area (Å²) in [6, 6.07) is 2.63. The summed E-state index contributed by atoms with van der Waals surface area (Å²) < 4.78 is 18.8. The van der Waals surface area contributed by atoms with E-state index in [1.54, 1.807) is 6.92 Å². The minimum atomic E-state index is -0.701. The zero-order valence-electron chi connectivity index (χ0n) is 8.08. The third kappa shape index (κ3) is 1.43. The van der Waals surface area contributed by atoms with Crippen molar-refractivity contribution in [3.63, 3.8) is 0 Å². The first-order chi connectivity index (χ1) is 7.15. The third-order valence-electron chi connectivity index (χ3n) is 2.30. The number of aliphatic hydroxyl groups is 1. The van der Waals surface area contributed by atoms with Gasteiger partial charge in [0.25, 0.3) is 0 Å². The highest BCUT2D eigenvalue weighted by Crippen LogP contribution is 2.21. The summed E-state index contributed by atoms with van der Waals surface area (Å²) in [7, 11) is 0. The second kappa shape index (κ2) is 3.47. The van der Waals surface area contributed by atoms with Gasteiger partial charge in [0.05, 0.1) is 12.9 Å². The summed E-state index contributed by atoms with van der Waals surface area (Å²) in [5, 5.41) is 8.82. The third-order valence-corrected chi connectivity index (χ3v) is 2.30. The van der Waals surface area contributed by atoms with E-state index in [1.807, 2.05) is 0 Å². The van der Waals surface area contributed by atoms with Crippen molar-refractivity contribution in [2.24, 2.45) is 0 Å². The smallest absolute Gasteiger partial charge is 0.195 e. The minimum Gasteiger partial charge on any atom is -0.464 e. The van der Waals surface area contributed by atoms with Crippen LogP contribution in [0.15, 0.2) is 27.6 Å². The molecular weight excluding hydrogens is 199 g/mol. The van der Waals surface area contributed by atoms with Crippen LogP contribution < -0.4 is 5.43 Å². The fourth-order valence-electron chi connectivity index (χ4n) is 1.58. The van der Waals surface area contributed by atoms with Gasteiger partial charge in [0.1, 0.15) is 16.8 Å². The molecule has 78 valence electrons. The normalized spacial score (nSPS) is 10.9. The van der Waals surface area contributed by atoms with Gasteiger partial charge in [-0.25, -0.2) is 4.39 Å². The highest BCUT2D eigenvalue weighted by molar-refractivity contribution is 5.81. The maximum absolute atomic E-state index is 13.7. The number of hydrogen-bond donors (Lipinski definition) is 1. The summed E-state index contributed by atoms with van der Waals surface area (Å²) in [5.74, 6) is -0.701. The van der Waals surface area contributed by atoms with Gasteiger partial charge < -0.3 is 9.52 Å². The quantitative estimate of drug-likeness (QED) is 0.776. The molecule has 1 heterocycles. The van der Waals surface area contributed by atoms with Crippen LogP contribution in [0.25, 0.3) is 11.0 Å². The molecule has 1 aromatic carbocycles. The minimum absolute atomic E-state index is 0.0958. The summed E-state index contributed by atoms with van der Waals surface area (Å²) in [6.07, 6.45) is 1.23. The Kier molecular flexibility index (Phi) is 2.28. The number of aryl methyl sites for hydroxylation is 1. The van der Waals surface area contributed by atoms with Crippen molar-refractivity contribution >= 4 is 11.0 Å². The summed E-state index contributed by atoms with van der Waals surface area (Å²) in [4.78, 5) is 11.4. The van der Waals surface area contributed by atoms with Crippen LogP contribution in [0.5, 0.6) is 0 Å². The lowest BCUT2D eigenvalue weighted by Crippen LogP contribution is -2.05. The molecule has 4 heteroatoms. The molecule has 0 aliphatic rings. The fourth-order valence-corrected chi connectivity index (χ4v) is 1.58. The number of aliphatic hydroxyl groups excluding tert-OH is 1. The lowest BCUT2D eigenvalue weighted by molar-refractivity contribution is 0.276. The molecule has 0 radical (unpaired) electrons. The fraction of sp³-hybridized carbons (Fsp3) is 0.182.